The van der Waals surface area contributed by atoms with Crippen LogP contribution in [-0.2, 0) is 7.05 Å². The molecule has 0 spiro atoms. The lowest BCUT2D eigenvalue weighted by Gasteiger charge is -2.26. The molecule has 1 saturated carbocycles. The Bertz CT molecular complexity index is 493. The Morgan fingerprint density at radius 2 is 2.00 bits per heavy atom. The van der Waals surface area contributed by atoms with E-state index in [9.17, 15) is 18.0 Å². The van der Waals surface area contributed by atoms with E-state index in [1.54, 1.807) is 13.8 Å². The maximum absolute atomic E-state index is 13.9. The lowest BCUT2D eigenvalue weighted by Crippen LogP contribution is -2.39. The third kappa shape index (κ3) is 2.46. The van der Waals surface area contributed by atoms with Gasteiger partial charge in [-0.1, -0.05) is 0 Å². The molecule has 0 saturated heterocycles. The van der Waals surface area contributed by atoms with Crippen molar-refractivity contribution >= 4 is 5.91 Å². The molecule has 2 rings (SSSR count). The highest BCUT2D eigenvalue weighted by Crippen LogP contribution is 2.32. The predicted octanol–water partition coefficient (Wildman–Crippen LogP) is 2.51. The van der Waals surface area contributed by atoms with Crippen LogP contribution in [0.3, 0.4) is 0 Å². The largest absolute Gasteiger partial charge is 0.333 e. The van der Waals surface area contributed by atoms with Crippen LogP contribution in [0.15, 0.2) is 0 Å². The Hall–Kier alpha value is -1.53. The van der Waals surface area contributed by atoms with Crippen molar-refractivity contribution in [2.45, 2.75) is 45.2 Å². The summed E-state index contributed by atoms with van der Waals surface area (Å²) in [5.74, 6) is -1.70. The number of hydrogen-bond acceptors (Lipinski definition) is 2. The summed E-state index contributed by atoms with van der Waals surface area (Å²) in [5.41, 5.74) is -1.38. The van der Waals surface area contributed by atoms with Crippen LogP contribution in [0.5, 0.6) is 0 Å². The number of aromatic nitrogens is 2. The normalized spacial score (nSPS) is 15.4. The molecule has 0 radical (unpaired) electrons. The van der Waals surface area contributed by atoms with E-state index >= 15 is 0 Å². The van der Waals surface area contributed by atoms with E-state index in [0.29, 0.717) is 4.68 Å². The third-order valence-electron chi connectivity index (χ3n) is 3.16. The minimum absolute atomic E-state index is 0.0256. The summed E-state index contributed by atoms with van der Waals surface area (Å²) >= 11 is 0. The second-order valence-electron chi connectivity index (χ2n) is 5.01. The predicted molar refractivity (Wildman–Crippen MR) is 62.5 cm³/mol. The molecular weight excluding hydrogens is 259 g/mol. The van der Waals surface area contributed by atoms with Crippen molar-refractivity contribution in [2.75, 3.05) is 0 Å². The number of nitrogens with zero attached hydrogens (tertiary/aromatic N) is 3. The summed E-state index contributed by atoms with van der Waals surface area (Å²) < 4.78 is 40.2. The van der Waals surface area contributed by atoms with Crippen LogP contribution in [0.1, 0.15) is 49.2 Å². The summed E-state index contributed by atoms with van der Waals surface area (Å²) in [4.78, 5) is 13.8. The first-order valence-electron chi connectivity index (χ1n) is 6.17. The van der Waals surface area contributed by atoms with Crippen LogP contribution in [0, 0.1) is 5.95 Å². The number of halogens is 3. The molecule has 0 N–H and O–H groups in total. The molecule has 0 aromatic carbocycles. The molecule has 4 nitrogen and oxygen atoms in total. The molecule has 0 aliphatic heterocycles. The molecule has 1 heterocycles. The van der Waals surface area contributed by atoms with Gasteiger partial charge in [0.15, 0.2) is 0 Å². The fourth-order valence-corrected chi connectivity index (χ4v) is 2.18. The summed E-state index contributed by atoms with van der Waals surface area (Å²) in [7, 11) is 1.20. The number of alkyl halides is 2. The van der Waals surface area contributed by atoms with Gasteiger partial charge in [0.05, 0.1) is 0 Å². The standard InChI is InChI=1S/C12H16F3N3O/c1-6(2)18(7-4-5-7)12(19)8-9(10(13)14)16-17(3)11(8)15/h6-7,10H,4-5H2,1-3H3. The highest BCUT2D eigenvalue weighted by molar-refractivity contribution is 5.96. The van der Waals surface area contributed by atoms with Crippen molar-refractivity contribution in [3.8, 4) is 0 Å². The minimum Gasteiger partial charge on any atom is -0.333 e. The lowest BCUT2D eigenvalue weighted by molar-refractivity contribution is 0.0673. The smallest absolute Gasteiger partial charge is 0.283 e. The Balaban J connectivity index is 2.42. The van der Waals surface area contributed by atoms with Crippen molar-refractivity contribution in [2.24, 2.45) is 7.05 Å². The van der Waals surface area contributed by atoms with Crippen LogP contribution in [-0.4, -0.2) is 32.7 Å². The summed E-state index contributed by atoms with van der Waals surface area (Å²) in [6, 6.07) is -0.136. The van der Waals surface area contributed by atoms with E-state index in [0.717, 1.165) is 12.8 Å². The SMILES string of the molecule is CC(C)N(C(=O)c1c(C(F)F)nn(C)c1F)C1CC1. The van der Waals surface area contributed by atoms with E-state index in [-0.39, 0.29) is 12.1 Å². The monoisotopic (exact) mass is 275 g/mol. The van der Waals surface area contributed by atoms with Crippen molar-refractivity contribution in [3.63, 3.8) is 0 Å². The van der Waals surface area contributed by atoms with Crippen molar-refractivity contribution in [1.29, 1.82) is 0 Å². The quantitative estimate of drug-likeness (QED) is 0.846. The van der Waals surface area contributed by atoms with Gasteiger partial charge in [-0.05, 0) is 26.7 Å². The number of aryl methyl sites for hydroxylation is 1. The van der Waals surface area contributed by atoms with Gasteiger partial charge >= 0.3 is 0 Å². The molecule has 0 unspecified atom stereocenters. The number of rotatable bonds is 4. The average molecular weight is 275 g/mol. The Kier molecular flexibility index (Phi) is 3.56. The molecule has 0 bridgehead atoms. The molecule has 0 atom stereocenters. The van der Waals surface area contributed by atoms with E-state index in [2.05, 4.69) is 5.10 Å². The highest BCUT2D eigenvalue weighted by Gasteiger charge is 2.39. The van der Waals surface area contributed by atoms with E-state index in [4.69, 9.17) is 0 Å². The number of carbonyl (C=O) groups is 1. The van der Waals surface area contributed by atoms with Gasteiger partial charge in [-0.2, -0.15) is 9.49 Å². The lowest BCUT2D eigenvalue weighted by atomic mass is 10.2. The van der Waals surface area contributed by atoms with Gasteiger partial charge < -0.3 is 4.90 Å². The van der Waals surface area contributed by atoms with Gasteiger partial charge in [0.2, 0.25) is 5.95 Å². The Morgan fingerprint density at radius 1 is 1.42 bits per heavy atom. The number of amides is 1. The number of hydrogen-bond donors (Lipinski definition) is 0. The molecule has 1 aromatic rings. The molecule has 106 valence electrons. The molecule has 1 aromatic heterocycles. The zero-order valence-electron chi connectivity index (χ0n) is 11.0. The fraction of sp³-hybridized carbons (Fsp3) is 0.667. The third-order valence-corrected chi connectivity index (χ3v) is 3.16. The maximum Gasteiger partial charge on any atom is 0.283 e. The first kappa shape index (κ1) is 13.9. The maximum atomic E-state index is 13.9. The zero-order valence-corrected chi connectivity index (χ0v) is 11.0. The second kappa shape index (κ2) is 4.86. The molecule has 19 heavy (non-hydrogen) atoms. The van der Waals surface area contributed by atoms with Gasteiger partial charge in [-0.15, -0.1) is 0 Å². The van der Waals surface area contributed by atoms with Gasteiger partial charge in [-0.25, -0.2) is 13.5 Å². The van der Waals surface area contributed by atoms with Crippen molar-refractivity contribution < 1.29 is 18.0 Å². The van der Waals surface area contributed by atoms with Crippen molar-refractivity contribution in [3.05, 3.63) is 17.2 Å². The van der Waals surface area contributed by atoms with Crippen molar-refractivity contribution in [1.82, 2.24) is 14.7 Å². The fourth-order valence-electron chi connectivity index (χ4n) is 2.18. The van der Waals surface area contributed by atoms with Crippen LogP contribution in [0.4, 0.5) is 13.2 Å². The Morgan fingerprint density at radius 3 is 2.42 bits per heavy atom. The molecule has 1 amide bonds. The topological polar surface area (TPSA) is 38.1 Å². The summed E-state index contributed by atoms with van der Waals surface area (Å²) in [6.45, 7) is 3.57. The molecule has 1 fully saturated rings. The minimum atomic E-state index is -2.97. The van der Waals surface area contributed by atoms with Crippen LogP contribution < -0.4 is 0 Å². The molecule has 7 heteroatoms. The van der Waals surface area contributed by atoms with Crippen LogP contribution in [0.2, 0.25) is 0 Å². The van der Waals surface area contributed by atoms with E-state index in [1.807, 2.05) is 0 Å². The van der Waals surface area contributed by atoms with E-state index < -0.39 is 29.5 Å². The van der Waals surface area contributed by atoms with Crippen LogP contribution >= 0.6 is 0 Å². The van der Waals surface area contributed by atoms with Gasteiger partial charge in [-0.3, -0.25) is 4.79 Å². The highest BCUT2D eigenvalue weighted by atomic mass is 19.3. The second-order valence-corrected chi connectivity index (χ2v) is 5.01. The Labute approximate surface area is 109 Å². The first-order chi connectivity index (χ1) is 8.84. The molecule has 1 aliphatic carbocycles. The first-order valence-corrected chi connectivity index (χ1v) is 6.17. The van der Waals surface area contributed by atoms with Crippen LogP contribution in [0.25, 0.3) is 0 Å². The molecule has 1 aliphatic rings. The van der Waals surface area contributed by atoms with Gasteiger partial charge in [0.1, 0.15) is 11.3 Å². The number of carbonyl (C=O) groups excluding carboxylic acids is 1. The van der Waals surface area contributed by atoms with Gasteiger partial charge in [0, 0.05) is 19.1 Å². The summed E-state index contributed by atoms with van der Waals surface area (Å²) in [6.07, 6.45) is -1.31. The zero-order chi connectivity index (χ0) is 14.3. The summed E-state index contributed by atoms with van der Waals surface area (Å²) in [5, 5.41) is 3.40. The van der Waals surface area contributed by atoms with Gasteiger partial charge in [0.25, 0.3) is 12.3 Å². The van der Waals surface area contributed by atoms with E-state index in [1.165, 1.54) is 11.9 Å². The molecular formula is C12H16F3N3O. The average Bonchev–Trinajstić information content (AvgIpc) is 3.06.